The van der Waals surface area contributed by atoms with Gasteiger partial charge < -0.3 is 4.74 Å². The van der Waals surface area contributed by atoms with Gasteiger partial charge in [-0.25, -0.2) is 17.8 Å². The van der Waals surface area contributed by atoms with Gasteiger partial charge in [-0.15, -0.1) is 11.3 Å². The molecule has 0 amide bonds. The summed E-state index contributed by atoms with van der Waals surface area (Å²) in [6, 6.07) is 7.51. The third-order valence-electron chi connectivity index (χ3n) is 3.67. The normalized spacial score (nSPS) is 12.0. The number of anilines is 1. The van der Waals surface area contributed by atoms with Crippen LogP contribution in [0.5, 0.6) is 5.75 Å². The van der Waals surface area contributed by atoms with Crippen LogP contribution in [-0.4, -0.2) is 20.5 Å². The summed E-state index contributed by atoms with van der Waals surface area (Å²) >= 11 is 0.822. The molecule has 0 saturated carbocycles. The Labute approximate surface area is 161 Å². The first-order valence-electron chi connectivity index (χ1n) is 7.59. The number of thiazole rings is 1. The van der Waals surface area contributed by atoms with Crippen molar-refractivity contribution in [2.24, 2.45) is 0 Å². The van der Waals surface area contributed by atoms with Crippen molar-refractivity contribution in [3.63, 3.8) is 0 Å². The van der Waals surface area contributed by atoms with E-state index in [1.54, 1.807) is 0 Å². The van der Waals surface area contributed by atoms with E-state index >= 15 is 0 Å². The summed E-state index contributed by atoms with van der Waals surface area (Å²) in [5.74, 6) is -0.432. The van der Waals surface area contributed by atoms with Crippen LogP contribution in [0.4, 0.5) is 22.7 Å². The second-order valence-corrected chi connectivity index (χ2v) is 8.05. The molecule has 3 aromatic rings. The number of nitrogens with one attached hydrogen (secondary N) is 1. The highest BCUT2D eigenvalue weighted by molar-refractivity contribution is 7.93. The summed E-state index contributed by atoms with van der Waals surface area (Å²) in [4.78, 5) is 3.85. The second-order valence-electron chi connectivity index (χ2n) is 5.51. The quantitative estimate of drug-likeness (QED) is 0.590. The Kier molecular flexibility index (Phi) is 5.31. The van der Waals surface area contributed by atoms with Crippen molar-refractivity contribution in [3.05, 3.63) is 59.2 Å². The first-order chi connectivity index (χ1) is 13.1. The molecule has 0 unspecified atom stereocenters. The van der Waals surface area contributed by atoms with Gasteiger partial charge in [0.25, 0.3) is 10.0 Å². The Balaban J connectivity index is 1.88. The minimum Gasteiger partial charge on any atom is -0.497 e. The van der Waals surface area contributed by atoms with E-state index in [4.69, 9.17) is 4.74 Å². The molecule has 1 aromatic heterocycles. The maximum Gasteiger partial charge on any atom is 0.416 e. The first-order valence-corrected chi connectivity index (χ1v) is 9.96. The number of ether oxygens (including phenoxy) is 1. The van der Waals surface area contributed by atoms with E-state index in [9.17, 15) is 26.0 Å². The number of alkyl halides is 3. The average Bonchev–Trinajstić information content (AvgIpc) is 3.08. The molecule has 11 heteroatoms. The second kappa shape index (κ2) is 7.40. The van der Waals surface area contributed by atoms with Gasteiger partial charge in [0.05, 0.1) is 23.3 Å². The maximum atomic E-state index is 14.0. The van der Waals surface area contributed by atoms with Crippen LogP contribution in [0.2, 0.25) is 0 Å². The molecule has 0 aliphatic rings. The average molecular weight is 432 g/mol. The number of hydrogen-bond acceptors (Lipinski definition) is 5. The molecular formula is C17H12F4N2O3S2. The summed E-state index contributed by atoms with van der Waals surface area (Å²) in [6.45, 7) is 0. The van der Waals surface area contributed by atoms with Crippen molar-refractivity contribution < 1.29 is 30.7 Å². The number of hydrogen-bond donors (Lipinski definition) is 1. The van der Waals surface area contributed by atoms with Crippen LogP contribution in [0.1, 0.15) is 5.56 Å². The number of benzene rings is 2. The van der Waals surface area contributed by atoms with Crippen molar-refractivity contribution in [2.45, 2.75) is 11.1 Å². The molecule has 0 saturated heterocycles. The number of rotatable bonds is 5. The van der Waals surface area contributed by atoms with Crippen LogP contribution in [0, 0.1) is 5.82 Å². The summed E-state index contributed by atoms with van der Waals surface area (Å²) in [7, 11) is -2.54. The monoisotopic (exact) mass is 432 g/mol. The number of methoxy groups -OCH3 is 1. The predicted molar refractivity (Wildman–Crippen MR) is 96.3 cm³/mol. The SMILES string of the molecule is COc1ccc(S(=O)(=O)Nc2nc(-c3cc(C(F)(F)F)ccc3F)cs2)cc1. The van der Waals surface area contributed by atoms with Gasteiger partial charge in [-0.3, -0.25) is 4.72 Å². The van der Waals surface area contributed by atoms with E-state index in [1.807, 2.05) is 0 Å². The zero-order valence-electron chi connectivity index (χ0n) is 14.1. The van der Waals surface area contributed by atoms with Gasteiger partial charge >= 0.3 is 6.18 Å². The standard InChI is InChI=1S/C17H12F4N2O3S2/c1-26-11-3-5-12(6-4-11)28(24,25)23-16-22-15(9-27-16)13-8-10(17(19,20)21)2-7-14(13)18/h2-9H,1H3,(H,22,23). The van der Waals surface area contributed by atoms with E-state index in [-0.39, 0.29) is 21.3 Å². The van der Waals surface area contributed by atoms with Crippen LogP contribution < -0.4 is 9.46 Å². The summed E-state index contributed by atoms with van der Waals surface area (Å²) in [5.41, 5.74) is -1.51. The molecule has 0 bridgehead atoms. The smallest absolute Gasteiger partial charge is 0.416 e. The molecule has 28 heavy (non-hydrogen) atoms. The Morgan fingerprint density at radius 2 is 1.79 bits per heavy atom. The zero-order valence-corrected chi connectivity index (χ0v) is 15.8. The zero-order chi connectivity index (χ0) is 20.5. The fraction of sp³-hybridized carbons (Fsp3) is 0.118. The Bertz CT molecular complexity index is 1090. The highest BCUT2D eigenvalue weighted by atomic mass is 32.2. The lowest BCUT2D eigenvalue weighted by Crippen LogP contribution is -2.12. The van der Waals surface area contributed by atoms with Crippen molar-refractivity contribution in [1.82, 2.24) is 4.98 Å². The molecule has 3 rings (SSSR count). The van der Waals surface area contributed by atoms with Crippen molar-refractivity contribution in [1.29, 1.82) is 0 Å². The van der Waals surface area contributed by atoms with E-state index < -0.39 is 27.6 Å². The molecule has 1 heterocycles. The molecule has 0 atom stereocenters. The van der Waals surface area contributed by atoms with Gasteiger partial charge in [0.1, 0.15) is 11.6 Å². The fourth-order valence-electron chi connectivity index (χ4n) is 2.27. The van der Waals surface area contributed by atoms with E-state index in [2.05, 4.69) is 9.71 Å². The molecule has 2 aromatic carbocycles. The van der Waals surface area contributed by atoms with E-state index in [1.165, 1.54) is 36.8 Å². The summed E-state index contributed by atoms with van der Waals surface area (Å²) in [5, 5.41) is 1.16. The van der Waals surface area contributed by atoms with E-state index in [0.29, 0.717) is 23.9 Å². The molecule has 0 aliphatic carbocycles. The highest BCUT2D eigenvalue weighted by Crippen LogP contribution is 2.34. The Hall–Kier alpha value is -2.66. The summed E-state index contributed by atoms with van der Waals surface area (Å²) < 4.78 is 84.5. The molecule has 5 nitrogen and oxygen atoms in total. The third kappa shape index (κ3) is 4.25. The Morgan fingerprint density at radius 1 is 1.11 bits per heavy atom. The first kappa shape index (κ1) is 20.1. The number of sulfonamides is 1. The molecule has 0 radical (unpaired) electrons. The van der Waals surface area contributed by atoms with Gasteiger partial charge in [-0.2, -0.15) is 13.2 Å². The number of nitrogens with zero attached hydrogens (tertiary/aromatic N) is 1. The third-order valence-corrected chi connectivity index (χ3v) is 5.91. The lowest BCUT2D eigenvalue weighted by Gasteiger charge is -2.08. The van der Waals surface area contributed by atoms with E-state index in [0.717, 1.165) is 11.3 Å². The fourth-order valence-corrected chi connectivity index (χ4v) is 4.23. The lowest BCUT2D eigenvalue weighted by atomic mass is 10.1. The van der Waals surface area contributed by atoms with Gasteiger partial charge in [-0.1, -0.05) is 0 Å². The maximum absolute atomic E-state index is 14.0. The molecule has 148 valence electrons. The number of aromatic nitrogens is 1. The molecule has 0 spiro atoms. The van der Waals surface area contributed by atoms with Crippen LogP contribution >= 0.6 is 11.3 Å². The van der Waals surface area contributed by atoms with Crippen molar-refractivity contribution in [3.8, 4) is 17.0 Å². The molecular weight excluding hydrogens is 420 g/mol. The predicted octanol–water partition coefficient (Wildman–Crippen LogP) is 4.78. The van der Waals surface area contributed by atoms with Crippen LogP contribution in [-0.2, 0) is 16.2 Å². The highest BCUT2D eigenvalue weighted by Gasteiger charge is 2.31. The minimum atomic E-state index is -4.64. The molecule has 1 N–H and O–H groups in total. The van der Waals surface area contributed by atoms with Crippen LogP contribution in [0.3, 0.4) is 0 Å². The molecule has 0 aliphatic heterocycles. The lowest BCUT2D eigenvalue weighted by molar-refractivity contribution is -0.137. The van der Waals surface area contributed by atoms with Gasteiger partial charge in [0.2, 0.25) is 0 Å². The van der Waals surface area contributed by atoms with Gasteiger partial charge in [0, 0.05) is 10.9 Å². The Morgan fingerprint density at radius 3 is 2.39 bits per heavy atom. The van der Waals surface area contributed by atoms with Gasteiger partial charge in [-0.05, 0) is 42.5 Å². The topological polar surface area (TPSA) is 68.3 Å². The minimum absolute atomic E-state index is 0.0599. The van der Waals surface area contributed by atoms with Crippen molar-refractivity contribution >= 4 is 26.5 Å². The number of halogens is 4. The molecule has 0 fully saturated rings. The summed E-state index contributed by atoms with van der Waals surface area (Å²) in [6.07, 6.45) is -4.64. The van der Waals surface area contributed by atoms with Crippen molar-refractivity contribution in [2.75, 3.05) is 11.8 Å². The largest absolute Gasteiger partial charge is 0.497 e. The van der Waals surface area contributed by atoms with Crippen LogP contribution in [0.25, 0.3) is 11.3 Å². The van der Waals surface area contributed by atoms with Gasteiger partial charge in [0.15, 0.2) is 5.13 Å². The van der Waals surface area contributed by atoms with Crippen LogP contribution in [0.15, 0.2) is 52.7 Å².